The van der Waals surface area contributed by atoms with E-state index >= 15 is 0 Å². The molecular weight excluding hydrogens is 320 g/mol. The van der Waals surface area contributed by atoms with Crippen molar-refractivity contribution in [1.82, 2.24) is 10.2 Å². The van der Waals surface area contributed by atoms with Crippen molar-refractivity contribution in [3.05, 3.63) is 59.2 Å². The molecule has 1 atom stereocenters. The highest BCUT2D eigenvalue weighted by atomic mass is 16.7. The maximum Gasteiger partial charge on any atom is 0.255 e. The summed E-state index contributed by atoms with van der Waals surface area (Å²) in [5.41, 5.74) is 2.56. The second-order valence-corrected chi connectivity index (χ2v) is 6.17. The maximum atomic E-state index is 12.5. The number of hydrogen-bond donors (Lipinski definition) is 1. The standard InChI is InChI=1S/C19H18N2O4/c1-12(21-10-14-4-2-3-5-15(14)19(21)23)18(22)20-9-13-6-7-16-17(8-13)25-11-24-16/h2-8,12H,9-11H2,1H3,(H,20,22). The van der Waals surface area contributed by atoms with Crippen LogP contribution in [0.5, 0.6) is 11.5 Å². The lowest BCUT2D eigenvalue weighted by Gasteiger charge is -2.23. The van der Waals surface area contributed by atoms with Crippen molar-refractivity contribution >= 4 is 11.8 Å². The van der Waals surface area contributed by atoms with E-state index in [4.69, 9.17) is 9.47 Å². The third-order valence-electron chi connectivity index (χ3n) is 4.60. The van der Waals surface area contributed by atoms with Crippen molar-refractivity contribution in [2.45, 2.75) is 26.1 Å². The smallest absolute Gasteiger partial charge is 0.255 e. The minimum absolute atomic E-state index is 0.0960. The van der Waals surface area contributed by atoms with Crippen LogP contribution in [0.4, 0.5) is 0 Å². The zero-order valence-electron chi connectivity index (χ0n) is 13.8. The molecule has 25 heavy (non-hydrogen) atoms. The second kappa shape index (κ2) is 6.12. The number of hydrogen-bond acceptors (Lipinski definition) is 4. The van der Waals surface area contributed by atoms with E-state index in [2.05, 4.69) is 5.32 Å². The number of fused-ring (bicyclic) bond motifs is 2. The van der Waals surface area contributed by atoms with Gasteiger partial charge >= 0.3 is 0 Å². The molecule has 0 fully saturated rings. The molecule has 2 aromatic rings. The van der Waals surface area contributed by atoms with Crippen LogP contribution in [0.3, 0.4) is 0 Å². The molecule has 6 heteroatoms. The molecule has 2 aromatic carbocycles. The van der Waals surface area contributed by atoms with E-state index in [9.17, 15) is 9.59 Å². The van der Waals surface area contributed by atoms with Gasteiger partial charge in [0, 0.05) is 18.7 Å². The van der Waals surface area contributed by atoms with E-state index in [0.29, 0.717) is 30.2 Å². The maximum absolute atomic E-state index is 12.5. The minimum Gasteiger partial charge on any atom is -0.454 e. The molecule has 2 amide bonds. The summed E-state index contributed by atoms with van der Waals surface area (Å²) in [5.74, 6) is 1.12. The van der Waals surface area contributed by atoms with Gasteiger partial charge in [-0.1, -0.05) is 24.3 Å². The fraction of sp³-hybridized carbons (Fsp3) is 0.263. The van der Waals surface area contributed by atoms with Crippen LogP contribution in [-0.2, 0) is 17.9 Å². The van der Waals surface area contributed by atoms with Crippen LogP contribution in [-0.4, -0.2) is 29.5 Å². The van der Waals surface area contributed by atoms with Crippen LogP contribution in [0.1, 0.15) is 28.4 Å². The summed E-state index contributed by atoms with van der Waals surface area (Å²) in [4.78, 5) is 26.5. The summed E-state index contributed by atoms with van der Waals surface area (Å²) in [6.45, 7) is 2.81. The second-order valence-electron chi connectivity index (χ2n) is 6.17. The Balaban J connectivity index is 1.39. The Morgan fingerprint density at radius 3 is 2.84 bits per heavy atom. The number of carbonyl (C=O) groups excluding carboxylic acids is 2. The first-order valence-corrected chi connectivity index (χ1v) is 8.18. The van der Waals surface area contributed by atoms with Crippen LogP contribution in [0.15, 0.2) is 42.5 Å². The van der Waals surface area contributed by atoms with E-state index in [1.807, 2.05) is 36.4 Å². The van der Waals surface area contributed by atoms with E-state index in [-0.39, 0.29) is 18.6 Å². The van der Waals surface area contributed by atoms with Crippen LogP contribution in [0.2, 0.25) is 0 Å². The van der Waals surface area contributed by atoms with Gasteiger partial charge in [-0.3, -0.25) is 9.59 Å². The monoisotopic (exact) mass is 338 g/mol. The van der Waals surface area contributed by atoms with Gasteiger partial charge in [-0.25, -0.2) is 0 Å². The van der Waals surface area contributed by atoms with Crippen LogP contribution >= 0.6 is 0 Å². The van der Waals surface area contributed by atoms with E-state index < -0.39 is 6.04 Å². The Kier molecular flexibility index (Phi) is 3.80. The molecule has 2 aliphatic rings. The Labute approximate surface area is 145 Å². The predicted octanol–water partition coefficient (Wildman–Crippen LogP) is 2.08. The summed E-state index contributed by atoms with van der Waals surface area (Å²) in [5, 5.41) is 2.88. The Morgan fingerprint density at radius 1 is 1.20 bits per heavy atom. The molecule has 0 saturated carbocycles. The highest BCUT2D eigenvalue weighted by Gasteiger charge is 2.33. The molecule has 0 spiro atoms. The molecule has 1 N–H and O–H groups in total. The van der Waals surface area contributed by atoms with Gasteiger partial charge in [-0.05, 0) is 36.2 Å². The van der Waals surface area contributed by atoms with Gasteiger partial charge in [0.05, 0.1) is 0 Å². The van der Waals surface area contributed by atoms with Crippen molar-refractivity contribution < 1.29 is 19.1 Å². The topological polar surface area (TPSA) is 67.9 Å². The molecule has 0 radical (unpaired) electrons. The molecule has 128 valence electrons. The number of rotatable bonds is 4. The number of benzene rings is 2. The lowest BCUT2D eigenvalue weighted by Crippen LogP contribution is -2.45. The van der Waals surface area contributed by atoms with Crippen molar-refractivity contribution in [1.29, 1.82) is 0 Å². The molecule has 2 aliphatic heterocycles. The first-order chi connectivity index (χ1) is 12.1. The molecular formula is C19H18N2O4. The van der Waals surface area contributed by atoms with Gasteiger partial charge in [0.1, 0.15) is 6.04 Å². The predicted molar refractivity (Wildman–Crippen MR) is 90.2 cm³/mol. The number of amides is 2. The Morgan fingerprint density at radius 2 is 2.00 bits per heavy atom. The van der Waals surface area contributed by atoms with Crippen molar-refractivity contribution in [3.63, 3.8) is 0 Å². The largest absolute Gasteiger partial charge is 0.454 e. The fourth-order valence-electron chi connectivity index (χ4n) is 3.12. The van der Waals surface area contributed by atoms with E-state index in [1.54, 1.807) is 17.9 Å². The normalized spacial score (nSPS) is 15.9. The molecule has 0 aromatic heterocycles. The van der Waals surface area contributed by atoms with Gasteiger partial charge in [0.2, 0.25) is 12.7 Å². The molecule has 1 unspecified atom stereocenters. The molecule has 0 aliphatic carbocycles. The fourth-order valence-corrected chi connectivity index (χ4v) is 3.12. The van der Waals surface area contributed by atoms with Gasteiger partial charge in [0.15, 0.2) is 11.5 Å². The van der Waals surface area contributed by atoms with Gasteiger partial charge in [-0.2, -0.15) is 0 Å². The number of nitrogens with one attached hydrogen (secondary N) is 1. The third kappa shape index (κ3) is 2.80. The Hall–Kier alpha value is -3.02. The van der Waals surface area contributed by atoms with Gasteiger partial charge < -0.3 is 19.7 Å². The summed E-state index contributed by atoms with van der Waals surface area (Å²) in [6, 6.07) is 12.5. The number of carbonyl (C=O) groups is 2. The average Bonchev–Trinajstić information content (AvgIpc) is 3.23. The molecule has 2 heterocycles. The Bertz CT molecular complexity index is 849. The summed E-state index contributed by atoms with van der Waals surface area (Å²) in [6.07, 6.45) is 0. The number of nitrogens with zero attached hydrogens (tertiary/aromatic N) is 1. The quantitative estimate of drug-likeness (QED) is 0.927. The van der Waals surface area contributed by atoms with Crippen LogP contribution in [0, 0.1) is 0 Å². The summed E-state index contributed by atoms with van der Waals surface area (Å²) in [7, 11) is 0. The van der Waals surface area contributed by atoms with Crippen molar-refractivity contribution in [3.8, 4) is 11.5 Å². The first kappa shape index (κ1) is 15.5. The minimum atomic E-state index is -0.533. The van der Waals surface area contributed by atoms with Gasteiger partial charge in [-0.15, -0.1) is 0 Å². The summed E-state index contributed by atoms with van der Waals surface area (Å²) >= 11 is 0. The first-order valence-electron chi connectivity index (χ1n) is 8.18. The SMILES string of the molecule is CC(C(=O)NCc1ccc2c(c1)OCO2)N1Cc2ccccc2C1=O. The lowest BCUT2D eigenvalue weighted by molar-refractivity contribution is -0.125. The molecule has 0 saturated heterocycles. The zero-order chi connectivity index (χ0) is 17.4. The third-order valence-corrected chi connectivity index (χ3v) is 4.60. The zero-order valence-corrected chi connectivity index (χ0v) is 13.8. The van der Waals surface area contributed by atoms with E-state index in [1.165, 1.54) is 0 Å². The van der Waals surface area contributed by atoms with Gasteiger partial charge in [0.25, 0.3) is 5.91 Å². The molecule has 6 nitrogen and oxygen atoms in total. The lowest BCUT2D eigenvalue weighted by atomic mass is 10.1. The number of ether oxygens (including phenoxy) is 2. The molecule has 4 rings (SSSR count). The van der Waals surface area contributed by atoms with Crippen LogP contribution < -0.4 is 14.8 Å². The molecule has 0 bridgehead atoms. The van der Waals surface area contributed by atoms with Crippen molar-refractivity contribution in [2.75, 3.05) is 6.79 Å². The van der Waals surface area contributed by atoms with Crippen LogP contribution in [0.25, 0.3) is 0 Å². The highest BCUT2D eigenvalue weighted by Crippen LogP contribution is 2.32. The summed E-state index contributed by atoms with van der Waals surface area (Å²) < 4.78 is 10.6. The van der Waals surface area contributed by atoms with Crippen molar-refractivity contribution in [2.24, 2.45) is 0 Å². The van der Waals surface area contributed by atoms with E-state index in [0.717, 1.165) is 11.1 Å². The highest BCUT2D eigenvalue weighted by molar-refractivity contribution is 6.01. The average molecular weight is 338 g/mol.